The van der Waals surface area contributed by atoms with Crippen molar-refractivity contribution in [2.75, 3.05) is 13.6 Å². The van der Waals surface area contributed by atoms with Crippen LogP contribution in [0.25, 0.3) is 0 Å². The standard InChI is InChI=1S/C8H16N2/c1-5-10-8(3)6-7(2)9(10)4/h7-8H,5H2,1-4H3. The average Bonchev–Trinajstić information content (AvgIpc) is 2.09. The van der Waals surface area contributed by atoms with E-state index >= 15 is 0 Å². The monoisotopic (exact) mass is 140 g/mol. The maximum atomic E-state index is 3.42. The zero-order chi connectivity index (χ0) is 7.72. The fourth-order valence-electron chi connectivity index (χ4n) is 1.54. The predicted octanol–water partition coefficient (Wildman–Crippen LogP) is 1.03. The Morgan fingerprint density at radius 1 is 1.30 bits per heavy atom. The van der Waals surface area contributed by atoms with Gasteiger partial charge in [-0.15, -0.1) is 0 Å². The molecule has 0 amide bonds. The van der Waals surface area contributed by atoms with Crippen molar-refractivity contribution >= 4 is 0 Å². The molecule has 0 saturated carbocycles. The lowest BCUT2D eigenvalue weighted by Gasteiger charge is -2.27. The van der Waals surface area contributed by atoms with Gasteiger partial charge in [0, 0.05) is 32.1 Å². The van der Waals surface area contributed by atoms with E-state index < -0.39 is 0 Å². The van der Waals surface area contributed by atoms with E-state index in [1.165, 1.54) is 0 Å². The molecule has 1 rings (SSSR count). The molecule has 1 aliphatic rings. The summed E-state index contributed by atoms with van der Waals surface area (Å²) in [5.74, 6) is 0. The molecular formula is C8H16N2. The first-order valence-electron chi connectivity index (χ1n) is 3.92. The Labute approximate surface area is 63.8 Å². The Kier molecular flexibility index (Phi) is 2.32. The smallest absolute Gasteiger partial charge is 0.0302 e. The minimum Gasteiger partial charge on any atom is -0.241 e. The van der Waals surface area contributed by atoms with Gasteiger partial charge in [-0.25, -0.2) is 10.0 Å². The average molecular weight is 140 g/mol. The van der Waals surface area contributed by atoms with Crippen LogP contribution in [-0.2, 0) is 0 Å². The Balaban J connectivity index is 2.55. The van der Waals surface area contributed by atoms with Gasteiger partial charge in [0.25, 0.3) is 0 Å². The van der Waals surface area contributed by atoms with E-state index in [9.17, 15) is 0 Å². The van der Waals surface area contributed by atoms with Crippen LogP contribution >= 0.6 is 0 Å². The van der Waals surface area contributed by atoms with Crippen molar-refractivity contribution in [3.8, 4) is 0 Å². The van der Waals surface area contributed by atoms with Crippen molar-refractivity contribution in [3.63, 3.8) is 0 Å². The molecule has 0 aromatic carbocycles. The summed E-state index contributed by atoms with van der Waals surface area (Å²) < 4.78 is 0. The summed E-state index contributed by atoms with van der Waals surface area (Å²) >= 11 is 0. The first kappa shape index (κ1) is 8.02. The highest BCUT2D eigenvalue weighted by Crippen LogP contribution is 2.20. The highest BCUT2D eigenvalue weighted by atomic mass is 15.7. The van der Waals surface area contributed by atoms with E-state index in [1.54, 1.807) is 0 Å². The van der Waals surface area contributed by atoms with Gasteiger partial charge in [-0.1, -0.05) is 6.92 Å². The molecule has 10 heavy (non-hydrogen) atoms. The molecule has 0 N–H and O–H groups in total. The molecule has 0 aromatic heterocycles. The molecule has 2 radical (unpaired) electrons. The zero-order valence-electron chi connectivity index (χ0n) is 7.26. The van der Waals surface area contributed by atoms with Gasteiger partial charge < -0.3 is 0 Å². The quantitative estimate of drug-likeness (QED) is 0.536. The highest BCUT2D eigenvalue weighted by Gasteiger charge is 2.30. The molecule has 2 nitrogen and oxygen atoms in total. The molecule has 0 aromatic rings. The molecule has 1 aliphatic heterocycles. The molecule has 1 fully saturated rings. The minimum atomic E-state index is 0.481. The molecule has 1 saturated heterocycles. The van der Waals surface area contributed by atoms with Crippen LogP contribution in [0, 0.1) is 6.42 Å². The third-order valence-corrected chi connectivity index (χ3v) is 2.22. The Morgan fingerprint density at radius 2 is 1.90 bits per heavy atom. The van der Waals surface area contributed by atoms with Gasteiger partial charge in [0.05, 0.1) is 0 Å². The van der Waals surface area contributed by atoms with Crippen LogP contribution in [0.1, 0.15) is 20.8 Å². The summed E-state index contributed by atoms with van der Waals surface area (Å²) in [5.41, 5.74) is 0. The second kappa shape index (κ2) is 2.89. The fourth-order valence-corrected chi connectivity index (χ4v) is 1.54. The van der Waals surface area contributed by atoms with Gasteiger partial charge >= 0.3 is 0 Å². The Bertz CT molecular complexity index is 114. The number of nitrogens with zero attached hydrogens (tertiary/aromatic N) is 2. The van der Waals surface area contributed by atoms with Crippen LogP contribution in [0.5, 0.6) is 0 Å². The molecule has 0 spiro atoms. The van der Waals surface area contributed by atoms with Gasteiger partial charge in [-0.3, -0.25) is 0 Å². The number of hydrogen-bond acceptors (Lipinski definition) is 2. The molecule has 2 unspecified atom stereocenters. The molecule has 1 heterocycles. The third-order valence-electron chi connectivity index (χ3n) is 2.22. The van der Waals surface area contributed by atoms with Crippen LogP contribution in [0.2, 0.25) is 0 Å². The van der Waals surface area contributed by atoms with Crippen LogP contribution in [0.3, 0.4) is 0 Å². The molecule has 0 bridgehead atoms. The predicted molar refractivity (Wildman–Crippen MR) is 42.3 cm³/mol. The van der Waals surface area contributed by atoms with Crippen molar-refractivity contribution in [2.45, 2.75) is 32.9 Å². The molecule has 2 heteroatoms. The number of rotatable bonds is 1. The lowest BCUT2D eigenvalue weighted by atomic mass is 10.2. The largest absolute Gasteiger partial charge is 0.241 e. The first-order chi connectivity index (χ1) is 4.66. The summed E-state index contributed by atoms with van der Waals surface area (Å²) in [6.07, 6.45) is 3.42. The van der Waals surface area contributed by atoms with Gasteiger partial charge in [0.1, 0.15) is 0 Å². The molecule has 0 aliphatic carbocycles. The van der Waals surface area contributed by atoms with E-state index in [1.807, 2.05) is 0 Å². The van der Waals surface area contributed by atoms with Crippen LogP contribution in [0.15, 0.2) is 0 Å². The zero-order valence-corrected chi connectivity index (χ0v) is 7.26. The SMILES string of the molecule is CCN1C(C)[C]C(C)N1C. The fraction of sp³-hybridized carbons (Fsp3) is 0.875. The van der Waals surface area contributed by atoms with Crippen molar-refractivity contribution in [1.82, 2.24) is 10.0 Å². The third kappa shape index (κ3) is 1.18. The van der Waals surface area contributed by atoms with E-state index in [2.05, 4.69) is 44.3 Å². The highest BCUT2D eigenvalue weighted by molar-refractivity contribution is 4.95. The topological polar surface area (TPSA) is 6.48 Å². The summed E-state index contributed by atoms with van der Waals surface area (Å²) in [7, 11) is 2.12. The molecule has 2 atom stereocenters. The summed E-state index contributed by atoms with van der Waals surface area (Å²) in [6, 6.07) is 0.972. The van der Waals surface area contributed by atoms with Crippen molar-refractivity contribution in [3.05, 3.63) is 6.42 Å². The van der Waals surface area contributed by atoms with Gasteiger partial charge in [0.2, 0.25) is 0 Å². The van der Waals surface area contributed by atoms with E-state index in [0.29, 0.717) is 12.1 Å². The maximum Gasteiger partial charge on any atom is 0.0302 e. The van der Waals surface area contributed by atoms with Crippen LogP contribution < -0.4 is 0 Å². The normalized spacial score (nSPS) is 37.2. The summed E-state index contributed by atoms with van der Waals surface area (Å²) in [4.78, 5) is 0. The minimum absolute atomic E-state index is 0.481. The van der Waals surface area contributed by atoms with Gasteiger partial charge in [-0.05, 0) is 13.8 Å². The van der Waals surface area contributed by atoms with Gasteiger partial charge in [0.15, 0.2) is 0 Å². The van der Waals surface area contributed by atoms with Crippen molar-refractivity contribution < 1.29 is 0 Å². The Morgan fingerprint density at radius 3 is 2.10 bits per heavy atom. The number of hydrogen-bond donors (Lipinski definition) is 0. The van der Waals surface area contributed by atoms with Crippen molar-refractivity contribution in [1.29, 1.82) is 0 Å². The summed E-state index contributed by atoms with van der Waals surface area (Å²) in [5, 5.41) is 4.55. The molecule has 58 valence electrons. The first-order valence-corrected chi connectivity index (χ1v) is 3.92. The molecular weight excluding hydrogens is 124 g/mol. The Hall–Kier alpha value is -0.0800. The van der Waals surface area contributed by atoms with E-state index in [4.69, 9.17) is 0 Å². The van der Waals surface area contributed by atoms with E-state index in [-0.39, 0.29) is 0 Å². The van der Waals surface area contributed by atoms with Gasteiger partial charge in [-0.2, -0.15) is 0 Å². The summed E-state index contributed by atoms with van der Waals surface area (Å²) in [6.45, 7) is 7.61. The second-order valence-corrected chi connectivity index (χ2v) is 2.85. The van der Waals surface area contributed by atoms with E-state index in [0.717, 1.165) is 6.54 Å². The second-order valence-electron chi connectivity index (χ2n) is 2.85. The van der Waals surface area contributed by atoms with Crippen LogP contribution in [0.4, 0.5) is 0 Å². The maximum absolute atomic E-state index is 3.42. The number of hydrazine groups is 1. The van der Waals surface area contributed by atoms with Crippen molar-refractivity contribution in [2.24, 2.45) is 0 Å². The lowest BCUT2D eigenvalue weighted by molar-refractivity contribution is 0.0123. The van der Waals surface area contributed by atoms with Crippen LogP contribution in [-0.4, -0.2) is 35.7 Å². The lowest BCUT2D eigenvalue weighted by Crippen LogP contribution is -2.39.